The number of carbonyl (C=O) groups excluding carboxylic acids is 3. The smallest absolute Gasteiger partial charge is 0.250 e. The number of benzene rings is 1. The zero-order valence-electron chi connectivity index (χ0n) is 14.6. The minimum absolute atomic E-state index is 0.0679. The first-order valence-corrected chi connectivity index (χ1v) is 9.06. The van der Waals surface area contributed by atoms with Crippen LogP contribution in [0, 0.1) is 17.8 Å². The molecule has 3 aliphatic rings. The molecule has 2 saturated heterocycles. The molecule has 0 bridgehead atoms. The summed E-state index contributed by atoms with van der Waals surface area (Å²) in [7, 11) is 0. The van der Waals surface area contributed by atoms with E-state index in [2.05, 4.69) is 17.2 Å². The van der Waals surface area contributed by atoms with Crippen molar-refractivity contribution in [2.24, 2.45) is 17.8 Å². The van der Waals surface area contributed by atoms with E-state index in [-0.39, 0.29) is 36.2 Å². The van der Waals surface area contributed by atoms with E-state index in [0.29, 0.717) is 16.3 Å². The molecule has 6 nitrogen and oxygen atoms in total. The van der Waals surface area contributed by atoms with Gasteiger partial charge in [0.15, 0.2) is 0 Å². The number of halogens is 1. The van der Waals surface area contributed by atoms with Crippen LogP contribution in [0.5, 0.6) is 0 Å². The third-order valence-corrected chi connectivity index (χ3v) is 5.97. The van der Waals surface area contributed by atoms with Crippen LogP contribution in [0.3, 0.4) is 0 Å². The standard InChI is InChI=1S/C19H20ClN3O3/c1-4-7-23-16(24)13-14(17(23)25)19(22-15(13)9(2)3)11-8-10(20)5-6-12(11)21-18(19)26/h4-6,8-9,13-15,22H,1,7H2,2-3H3,(H,21,26)/t13-,14-,15+,19-/m1/s1. The molecule has 136 valence electrons. The Hall–Kier alpha value is -2.18. The molecule has 1 spiro atoms. The molecule has 0 radical (unpaired) electrons. The van der Waals surface area contributed by atoms with Crippen LogP contribution in [0.1, 0.15) is 19.4 Å². The summed E-state index contributed by atoms with van der Waals surface area (Å²) in [5.74, 6) is -2.20. The van der Waals surface area contributed by atoms with Gasteiger partial charge in [-0.2, -0.15) is 0 Å². The number of likely N-dealkylation sites (tertiary alicyclic amines) is 1. The summed E-state index contributed by atoms with van der Waals surface area (Å²) in [6.07, 6.45) is 1.53. The number of nitrogens with zero attached hydrogens (tertiary/aromatic N) is 1. The number of anilines is 1. The Kier molecular flexibility index (Phi) is 3.75. The molecular weight excluding hydrogens is 354 g/mol. The van der Waals surface area contributed by atoms with E-state index >= 15 is 0 Å². The third-order valence-electron chi connectivity index (χ3n) is 5.73. The third kappa shape index (κ3) is 2.00. The van der Waals surface area contributed by atoms with Gasteiger partial charge >= 0.3 is 0 Å². The van der Waals surface area contributed by atoms with Crippen LogP contribution in [0.25, 0.3) is 0 Å². The molecule has 3 heterocycles. The molecule has 0 aliphatic carbocycles. The van der Waals surface area contributed by atoms with Crippen molar-refractivity contribution < 1.29 is 14.4 Å². The molecule has 26 heavy (non-hydrogen) atoms. The number of imide groups is 1. The number of fused-ring (bicyclic) bond motifs is 4. The van der Waals surface area contributed by atoms with Gasteiger partial charge in [0.25, 0.3) is 0 Å². The number of amides is 3. The van der Waals surface area contributed by atoms with E-state index < -0.39 is 17.4 Å². The van der Waals surface area contributed by atoms with Crippen LogP contribution in [0.2, 0.25) is 5.02 Å². The highest BCUT2D eigenvalue weighted by Gasteiger charge is 2.70. The second kappa shape index (κ2) is 5.66. The van der Waals surface area contributed by atoms with Crippen LogP contribution in [-0.2, 0) is 19.9 Å². The molecule has 3 aliphatic heterocycles. The molecular formula is C19H20ClN3O3. The number of carbonyl (C=O) groups is 3. The minimum atomic E-state index is -1.28. The number of rotatable bonds is 3. The van der Waals surface area contributed by atoms with E-state index in [9.17, 15) is 14.4 Å². The number of hydrogen-bond donors (Lipinski definition) is 2. The average molecular weight is 374 g/mol. The van der Waals surface area contributed by atoms with Gasteiger partial charge in [0.05, 0.1) is 11.8 Å². The summed E-state index contributed by atoms with van der Waals surface area (Å²) in [6, 6.07) is 4.83. The van der Waals surface area contributed by atoms with E-state index in [4.69, 9.17) is 11.6 Å². The zero-order chi connectivity index (χ0) is 18.8. The number of nitrogens with one attached hydrogen (secondary N) is 2. The van der Waals surface area contributed by atoms with Gasteiger partial charge in [-0.05, 0) is 24.1 Å². The molecule has 0 unspecified atom stereocenters. The first-order valence-electron chi connectivity index (χ1n) is 8.68. The lowest BCUT2D eigenvalue weighted by molar-refractivity contribution is -0.142. The van der Waals surface area contributed by atoms with Gasteiger partial charge in [0.1, 0.15) is 5.54 Å². The Morgan fingerprint density at radius 2 is 2.04 bits per heavy atom. The van der Waals surface area contributed by atoms with Gasteiger partial charge in [-0.3, -0.25) is 24.6 Å². The second-order valence-corrected chi connectivity index (χ2v) is 7.88. The Bertz CT molecular complexity index is 852. The second-order valence-electron chi connectivity index (χ2n) is 7.45. The highest BCUT2D eigenvalue weighted by Crippen LogP contribution is 2.54. The van der Waals surface area contributed by atoms with Crippen LogP contribution in [0.15, 0.2) is 30.9 Å². The van der Waals surface area contributed by atoms with Crippen molar-refractivity contribution in [1.29, 1.82) is 0 Å². The Labute approximate surface area is 156 Å². The fourth-order valence-electron chi connectivity index (χ4n) is 4.65. The van der Waals surface area contributed by atoms with Gasteiger partial charge < -0.3 is 5.32 Å². The van der Waals surface area contributed by atoms with Crippen molar-refractivity contribution in [3.05, 3.63) is 41.4 Å². The molecule has 3 amide bonds. The van der Waals surface area contributed by atoms with Gasteiger partial charge in [-0.15, -0.1) is 6.58 Å². The Morgan fingerprint density at radius 3 is 2.69 bits per heavy atom. The fraction of sp³-hybridized carbons (Fsp3) is 0.421. The van der Waals surface area contributed by atoms with Crippen molar-refractivity contribution in [1.82, 2.24) is 10.2 Å². The fourth-order valence-corrected chi connectivity index (χ4v) is 4.82. The summed E-state index contributed by atoms with van der Waals surface area (Å²) in [4.78, 5) is 40.4. The summed E-state index contributed by atoms with van der Waals surface area (Å²) in [5.41, 5.74) is -0.0186. The monoisotopic (exact) mass is 373 g/mol. The normalized spacial score (nSPS) is 32.4. The highest BCUT2D eigenvalue weighted by molar-refractivity contribution is 6.31. The quantitative estimate of drug-likeness (QED) is 0.626. The van der Waals surface area contributed by atoms with E-state index in [0.717, 1.165) is 0 Å². The van der Waals surface area contributed by atoms with Crippen LogP contribution < -0.4 is 10.6 Å². The van der Waals surface area contributed by atoms with Gasteiger partial charge in [0.2, 0.25) is 17.7 Å². The van der Waals surface area contributed by atoms with Gasteiger partial charge in [0, 0.05) is 28.9 Å². The SMILES string of the molecule is C=CCN1C(=O)[C@H]2[C@H](C(C)C)N[C@@]3(C(=O)Nc4ccc(Cl)cc43)[C@H]2C1=O. The van der Waals surface area contributed by atoms with Crippen molar-refractivity contribution in [2.45, 2.75) is 25.4 Å². The van der Waals surface area contributed by atoms with E-state index in [1.807, 2.05) is 13.8 Å². The molecule has 7 heteroatoms. The van der Waals surface area contributed by atoms with Crippen molar-refractivity contribution in [3.8, 4) is 0 Å². The number of hydrogen-bond acceptors (Lipinski definition) is 4. The maximum Gasteiger partial charge on any atom is 0.250 e. The maximum absolute atomic E-state index is 13.2. The molecule has 4 rings (SSSR count). The molecule has 0 saturated carbocycles. The molecule has 2 fully saturated rings. The highest BCUT2D eigenvalue weighted by atomic mass is 35.5. The lowest BCUT2D eigenvalue weighted by Gasteiger charge is -2.30. The first kappa shape index (κ1) is 17.2. The summed E-state index contributed by atoms with van der Waals surface area (Å²) >= 11 is 6.18. The van der Waals surface area contributed by atoms with E-state index in [1.54, 1.807) is 18.2 Å². The summed E-state index contributed by atoms with van der Waals surface area (Å²) in [5, 5.41) is 6.69. The maximum atomic E-state index is 13.2. The van der Waals surface area contributed by atoms with E-state index in [1.165, 1.54) is 11.0 Å². The molecule has 4 atom stereocenters. The molecule has 1 aromatic rings. The van der Waals surface area contributed by atoms with Crippen LogP contribution in [0.4, 0.5) is 5.69 Å². The Morgan fingerprint density at radius 1 is 1.31 bits per heavy atom. The first-order chi connectivity index (χ1) is 12.3. The van der Waals surface area contributed by atoms with Gasteiger partial charge in [-0.25, -0.2) is 0 Å². The predicted octanol–water partition coefficient (Wildman–Crippen LogP) is 1.90. The summed E-state index contributed by atoms with van der Waals surface area (Å²) in [6.45, 7) is 7.74. The van der Waals surface area contributed by atoms with Crippen LogP contribution >= 0.6 is 11.6 Å². The predicted molar refractivity (Wildman–Crippen MR) is 97.4 cm³/mol. The van der Waals surface area contributed by atoms with Crippen molar-refractivity contribution >= 4 is 35.0 Å². The summed E-state index contributed by atoms with van der Waals surface area (Å²) < 4.78 is 0. The minimum Gasteiger partial charge on any atom is -0.324 e. The largest absolute Gasteiger partial charge is 0.324 e. The molecule has 1 aromatic carbocycles. The zero-order valence-corrected chi connectivity index (χ0v) is 15.3. The average Bonchev–Trinajstić information content (AvgIpc) is 3.17. The lowest BCUT2D eigenvalue weighted by Crippen LogP contribution is -2.54. The van der Waals surface area contributed by atoms with Crippen LogP contribution in [-0.4, -0.2) is 35.2 Å². The van der Waals surface area contributed by atoms with Crippen molar-refractivity contribution in [2.75, 3.05) is 11.9 Å². The molecule has 2 N–H and O–H groups in total. The van der Waals surface area contributed by atoms with Gasteiger partial charge in [-0.1, -0.05) is 31.5 Å². The Balaban J connectivity index is 1.92. The topological polar surface area (TPSA) is 78.5 Å². The lowest BCUT2D eigenvalue weighted by atomic mass is 9.76. The van der Waals surface area contributed by atoms with Crippen molar-refractivity contribution in [3.63, 3.8) is 0 Å². The molecule has 0 aromatic heterocycles.